The number of anilines is 3. The minimum atomic E-state index is -0.330. The third kappa shape index (κ3) is 4.76. The summed E-state index contributed by atoms with van der Waals surface area (Å²) < 4.78 is 4.97. The Bertz CT molecular complexity index is 853. The van der Waals surface area contributed by atoms with Crippen molar-refractivity contribution < 1.29 is 9.53 Å². The maximum Gasteiger partial charge on any atom is 0.338 e. The lowest BCUT2D eigenvalue weighted by Crippen LogP contribution is -2.05. The van der Waals surface area contributed by atoms with Crippen molar-refractivity contribution >= 4 is 23.4 Å². The highest BCUT2D eigenvalue weighted by Gasteiger charge is 2.06. The number of nitrogens with zero attached hydrogens (tertiary/aromatic N) is 3. The molecule has 0 atom stereocenters. The van der Waals surface area contributed by atoms with E-state index in [1.54, 1.807) is 55.8 Å². The van der Waals surface area contributed by atoms with Crippen molar-refractivity contribution in [2.24, 2.45) is 0 Å². The van der Waals surface area contributed by atoms with Crippen molar-refractivity contribution in [1.82, 2.24) is 15.0 Å². The molecule has 0 saturated carbocycles. The van der Waals surface area contributed by atoms with Gasteiger partial charge in [0.2, 0.25) is 5.95 Å². The average Bonchev–Trinajstić information content (AvgIpc) is 2.68. The number of ether oxygens (including phenoxy) is 1. The summed E-state index contributed by atoms with van der Waals surface area (Å²) in [7, 11) is 0. The number of esters is 1. The number of aromatic nitrogens is 3. The van der Waals surface area contributed by atoms with Gasteiger partial charge in [-0.2, -0.15) is 4.98 Å². The predicted octanol–water partition coefficient (Wildman–Crippen LogP) is 3.40. The zero-order chi connectivity index (χ0) is 18.2. The van der Waals surface area contributed by atoms with E-state index in [1.165, 1.54) is 0 Å². The van der Waals surface area contributed by atoms with Gasteiger partial charge in [0.15, 0.2) is 0 Å². The van der Waals surface area contributed by atoms with Crippen molar-refractivity contribution in [3.8, 4) is 0 Å². The van der Waals surface area contributed by atoms with E-state index in [9.17, 15) is 4.79 Å². The second-order valence-electron chi connectivity index (χ2n) is 5.40. The molecule has 3 aromatic rings. The Balaban J connectivity index is 1.62. The zero-order valence-corrected chi connectivity index (χ0v) is 14.3. The van der Waals surface area contributed by atoms with Crippen LogP contribution in [0.3, 0.4) is 0 Å². The van der Waals surface area contributed by atoms with E-state index in [0.717, 1.165) is 11.3 Å². The first-order valence-electron chi connectivity index (χ1n) is 8.24. The fourth-order valence-corrected chi connectivity index (χ4v) is 2.25. The molecular formula is C19H19N5O2. The minimum Gasteiger partial charge on any atom is -0.462 e. The van der Waals surface area contributed by atoms with E-state index in [-0.39, 0.29) is 5.97 Å². The van der Waals surface area contributed by atoms with E-state index >= 15 is 0 Å². The summed E-state index contributed by atoms with van der Waals surface area (Å²) >= 11 is 0. The quantitative estimate of drug-likeness (QED) is 0.632. The lowest BCUT2D eigenvalue weighted by Gasteiger charge is -2.09. The molecule has 0 saturated heterocycles. The maximum atomic E-state index is 11.7. The average molecular weight is 349 g/mol. The van der Waals surface area contributed by atoms with Crippen molar-refractivity contribution in [2.45, 2.75) is 13.5 Å². The van der Waals surface area contributed by atoms with Gasteiger partial charge in [-0.15, -0.1) is 0 Å². The summed E-state index contributed by atoms with van der Waals surface area (Å²) in [6.45, 7) is 2.75. The molecule has 7 nitrogen and oxygen atoms in total. The number of hydrogen-bond acceptors (Lipinski definition) is 7. The van der Waals surface area contributed by atoms with Crippen LogP contribution in [0.5, 0.6) is 0 Å². The van der Waals surface area contributed by atoms with E-state index in [4.69, 9.17) is 4.74 Å². The molecule has 0 bridgehead atoms. The van der Waals surface area contributed by atoms with Crippen LogP contribution in [-0.2, 0) is 11.3 Å². The Labute approximate surface area is 151 Å². The molecule has 2 aromatic heterocycles. The van der Waals surface area contributed by atoms with E-state index < -0.39 is 0 Å². The molecule has 0 aliphatic carbocycles. The van der Waals surface area contributed by atoms with Crippen LogP contribution in [0.2, 0.25) is 0 Å². The van der Waals surface area contributed by atoms with Crippen molar-refractivity contribution in [3.05, 3.63) is 72.2 Å². The highest BCUT2D eigenvalue weighted by molar-refractivity contribution is 5.89. The molecule has 0 unspecified atom stereocenters. The van der Waals surface area contributed by atoms with Gasteiger partial charge in [0, 0.05) is 30.8 Å². The molecule has 132 valence electrons. The molecule has 0 spiro atoms. The van der Waals surface area contributed by atoms with Crippen LogP contribution in [0, 0.1) is 0 Å². The van der Waals surface area contributed by atoms with Gasteiger partial charge in [-0.1, -0.05) is 0 Å². The fraction of sp³-hybridized carbons (Fsp3) is 0.158. The molecule has 2 heterocycles. The number of carbonyl (C=O) groups is 1. The van der Waals surface area contributed by atoms with Crippen molar-refractivity contribution in [2.75, 3.05) is 17.2 Å². The number of rotatable bonds is 7. The number of pyridine rings is 1. The summed E-state index contributed by atoms with van der Waals surface area (Å²) in [6.07, 6.45) is 5.17. The molecule has 1 aromatic carbocycles. The summed E-state index contributed by atoms with van der Waals surface area (Å²) in [5.41, 5.74) is 2.42. The van der Waals surface area contributed by atoms with Crippen LogP contribution < -0.4 is 10.6 Å². The van der Waals surface area contributed by atoms with Crippen molar-refractivity contribution in [3.63, 3.8) is 0 Å². The van der Waals surface area contributed by atoms with Crippen LogP contribution in [0.4, 0.5) is 17.5 Å². The number of hydrogen-bond donors (Lipinski definition) is 2. The Hall–Kier alpha value is -3.48. The molecule has 0 aliphatic rings. The number of carbonyl (C=O) groups excluding carboxylic acids is 1. The van der Waals surface area contributed by atoms with Gasteiger partial charge in [-0.05, 0) is 55.0 Å². The van der Waals surface area contributed by atoms with Crippen molar-refractivity contribution in [1.29, 1.82) is 0 Å². The summed E-state index contributed by atoms with van der Waals surface area (Å²) in [4.78, 5) is 24.3. The van der Waals surface area contributed by atoms with Crippen LogP contribution in [0.25, 0.3) is 0 Å². The molecule has 0 fully saturated rings. The topological polar surface area (TPSA) is 89.0 Å². The molecule has 0 aliphatic heterocycles. The maximum absolute atomic E-state index is 11.7. The fourth-order valence-electron chi connectivity index (χ4n) is 2.25. The third-order valence-corrected chi connectivity index (χ3v) is 3.52. The van der Waals surface area contributed by atoms with E-state index in [0.29, 0.717) is 30.5 Å². The standard InChI is InChI=1S/C19H19N5O2/c1-2-26-18(25)15-3-5-16(6-4-15)23-17-9-12-21-19(24-17)22-13-14-7-10-20-11-8-14/h3-12H,2,13H2,1H3,(H2,21,22,23,24). The molecular weight excluding hydrogens is 330 g/mol. The Kier molecular flexibility index (Phi) is 5.72. The van der Waals surface area contributed by atoms with Gasteiger partial charge < -0.3 is 15.4 Å². The van der Waals surface area contributed by atoms with Crippen LogP contribution >= 0.6 is 0 Å². The smallest absolute Gasteiger partial charge is 0.338 e. The van der Waals surface area contributed by atoms with Gasteiger partial charge >= 0.3 is 5.97 Å². The second-order valence-corrected chi connectivity index (χ2v) is 5.40. The van der Waals surface area contributed by atoms with E-state index in [2.05, 4.69) is 25.6 Å². The zero-order valence-electron chi connectivity index (χ0n) is 14.3. The van der Waals surface area contributed by atoms with Crippen LogP contribution in [0.1, 0.15) is 22.8 Å². The first-order valence-corrected chi connectivity index (χ1v) is 8.24. The van der Waals surface area contributed by atoms with Gasteiger partial charge in [-0.3, -0.25) is 4.98 Å². The number of nitrogens with one attached hydrogen (secondary N) is 2. The second kappa shape index (κ2) is 8.57. The highest BCUT2D eigenvalue weighted by atomic mass is 16.5. The number of benzene rings is 1. The lowest BCUT2D eigenvalue weighted by molar-refractivity contribution is 0.0526. The Morgan fingerprint density at radius 2 is 1.81 bits per heavy atom. The Morgan fingerprint density at radius 1 is 1.04 bits per heavy atom. The molecule has 7 heteroatoms. The van der Waals surface area contributed by atoms with Gasteiger partial charge in [0.25, 0.3) is 0 Å². The molecule has 0 amide bonds. The molecule has 3 rings (SSSR count). The normalized spacial score (nSPS) is 10.2. The SMILES string of the molecule is CCOC(=O)c1ccc(Nc2ccnc(NCc3ccncc3)n2)cc1. The molecule has 2 N–H and O–H groups in total. The highest BCUT2D eigenvalue weighted by Crippen LogP contribution is 2.16. The third-order valence-electron chi connectivity index (χ3n) is 3.52. The van der Waals surface area contributed by atoms with Gasteiger partial charge in [-0.25, -0.2) is 9.78 Å². The van der Waals surface area contributed by atoms with Crippen LogP contribution in [0.15, 0.2) is 61.1 Å². The molecule has 26 heavy (non-hydrogen) atoms. The Morgan fingerprint density at radius 3 is 2.54 bits per heavy atom. The summed E-state index contributed by atoms with van der Waals surface area (Å²) in [5.74, 6) is 0.847. The van der Waals surface area contributed by atoms with E-state index in [1.807, 2.05) is 12.1 Å². The predicted molar refractivity (Wildman–Crippen MR) is 99.3 cm³/mol. The van der Waals surface area contributed by atoms with Gasteiger partial charge in [0.05, 0.1) is 12.2 Å². The van der Waals surface area contributed by atoms with Crippen LogP contribution in [-0.4, -0.2) is 27.5 Å². The molecule has 0 radical (unpaired) electrons. The van der Waals surface area contributed by atoms with Gasteiger partial charge in [0.1, 0.15) is 5.82 Å². The minimum absolute atomic E-state index is 0.330. The first kappa shape index (κ1) is 17.3. The first-order chi connectivity index (χ1) is 12.7. The monoisotopic (exact) mass is 349 g/mol. The largest absolute Gasteiger partial charge is 0.462 e. The lowest BCUT2D eigenvalue weighted by atomic mass is 10.2. The summed E-state index contributed by atoms with van der Waals surface area (Å²) in [6, 6.07) is 12.7. The summed E-state index contributed by atoms with van der Waals surface area (Å²) in [5, 5.41) is 6.36.